The van der Waals surface area contributed by atoms with E-state index in [1.807, 2.05) is 0 Å². The van der Waals surface area contributed by atoms with E-state index >= 15 is 0 Å². The van der Waals surface area contributed by atoms with Crippen LogP contribution in [0.5, 0.6) is 0 Å². The summed E-state index contributed by atoms with van der Waals surface area (Å²) in [6, 6.07) is 2.96. The Hall–Kier alpha value is -1.07. The molecule has 2 amide bonds. The Labute approximate surface area is 102 Å². The fourth-order valence-corrected chi connectivity index (χ4v) is 2.63. The number of rotatable bonds is 1. The molecule has 2 rings (SSSR count). The number of thiophene rings is 1. The Morgan fingerprint density at radius 1 is 1.62 bits per heavy atom. The first-order chi connectivity index (χ1) is 7.59. The van der Waals surface area contributed by atoms with Crippen molar-refractivity contribution >= 4 is 34.8 Å². The van der Waals surface area contributed by atoms with Crippen molar-refractivity contribution in [3.8, 4) is 0 Å². The number of amides is 2. The zero-order chi connectivity index (χ0) is 11.7. The Kier molecular flexibility index (Phi) is 3.16. The second-order valence-electron chi connectivity index (χ2n) is 3.57. The van der Waals surface area contributed by atoms with Gasteiger partial charge < -0.3 is 10.2 Å². The van der Waals surface area contributed by atoms with Gasteiger partial charge in [0.15, 0.2) is 0 Å². The molecule has 1 fully saturated rings. The van der Waals surface area contributed by atoms with E-state index in [1.165, 1.54) is 11.3 Å². The average Bonchev–Trinajstić information content (AvgIpc) is 2.68. The molecule has 1 aliphatic rings. The van der Waals surface area contributed by atoms with Crippen LogP contribution in [0.1, 0.15) is 16.6 Å². The number of piperazine rings is 1. The van der Waals surface area contributed by atoms with Crippen LogP contribution in [0.2, 0.25) is 4.34 Å². The van der Waals surface area contributed by atoms with Crippen molar-refractivity contribution in [1.29, 1.82) is 0 Å². The minimum absolute atomic E-state index is 0.109. The highest BCUT2D eigenvalue weighted by Crippen LogP contribution is 2.23. The van der Waals surface area contributed by atoms with Crippen molar-refractivity contribution in [2.45, 2.75) is 13.0 Å². The lowest BCUT2D eigenvalue weighted by atomic mass is 10.2. The molecule has 1 unspecified atom stereocenters. The highest BCUT2D eigenvalue weighted by atomic mass is 35.5. The zero-order valence-electron chi connectivity index (χ0n) is 8.70. The van der Waals surface area contributed by atoms with Gasteiger partial charge in [0, 0.05) is 13.1 Å². The lowest BCUT2D eigenvalue weighted by molar-refractivity contribution is -0.127. The minimum atomic E-state index is -0.415. The van der Waals surface area contributed by atoms with Gasteiger partial charge >= 0.3 is 0 Å². The first kappa shape index (κ1) is 11.4. The molecular weight excluding hydrogens is 248 g/mol. The first-order valence-electron chi connectivity index (χ1n) is 4.93. The lowest BCUT2D eigenvalue weighted by Gasteiger charge is -2.32. The second kappa shape index (κ2) is 4.43. The SMILES string of the molecule is CC1C(=O)NCCN1C(=O)c1ccc(Cl)s1. The van der Waals surface area contributed by atoms with Crippen molar-refractivity contribution < 1.29 is 9.59 Å². The van der Waals surface area contributed by atoms with Crippen LogP contribution < -0.4 is 5.32 Å². The molecule has 0 radical (unpaired) electrons. The largest absolute Gasteiger partial charge is 0.353 e. The fourth-order valence-electron chi connectivity index (χ4n) is 1.63. The molecule has 86 valence electrons. The van der Waals surface area contributed by atoms with E-state index in [-0.39, 0.29) is 11.8 Å². The highest BCUT2D eigenvalue weighted by molar-refractivity contribution is 7.17. The van der Waals surface area contributed by atoms with E-state index in [0.29, 0.717) is 22.3 Å². The van der Waals surface area contributed by atoms with Gasteiger partial charge in [-0.1, -0.05) is 11.6 Å². The van der Waals surface area contributed by atoms with Crippen LogP contribution in [0.15, 0.2) is 12.1 Å². The maximum atomic E-state index is 12.1. The predicted octanol–water partition coefficient (Wildman–Crippen LogP) is 1.36. The Balaban J connectivity index is 2.18. The maximum Gasteiger partial charge on any atom is 0.264 e. The standard InChI is InChI=1S/C10H11ClN2O2S/c1-6-9(14)12-4-5-13(6)10(15)7-2-3-8(11)16-7/h2-3,6H,4-5H2,1H3,(H,12,14). The van der Waals surface area contributed by atoms with E-state index in [0.717, 1.165) is 0 Å². The lowest BCUT2D eigenvalue weighted by Crippen LogP contribution is -2.55. The van der Waals surface area contributed by atoms with E-state index in [9.17, 15) is 9.59 Å². The maximum absolute atomic E-state index is 12.1. The summed E-state index contributed by atoms with van der Waals surface area (Å²) in [4.78, 5) is 25.6. The summed E-state index contributed by atoms with van der Waals surface area (Å²) in [5.41, 5.74) is 0. The number of nitrogens with one attached hydrogen (secondary N) is 1. The predicted molar refractivity (Wildman–Crippen MR) is 62.8 cm³/mol. The molecule has 4 nitrogen and oxygen atoms in total. The van der Waals surface area contributed by atoms with Gasteiger partial charge in [-0.2, -0.15) is 0 Å². The molecule has 0 aliphatic carbocycles. The van der Waals surface area contributed by atoms with E-state index < -0.39 is 6.04 Å². The molecular formula is C10H11ClN2O2S. The van der Waals surface area contributed by atoms with Crippen LogP contribution in [0.25, 0.3) is 0 Å². The highest BCUT2D eigenvalue weighted by Gasteiger charge is 2.30. The van der Waals surface area contributed by atoms with Gasteiger partial charge in [0.25, 0.3) is 5.91 Å². The normalized spacial score (nSPS) is 20.8. The van der Waals surface area contributed by atoms with Crippen LogP contribution in [0, 0.1) is 0 Å². The molecule has 1 aromatic rings. The number of hydrogen-bond donors (Lipinski definition) is 1. The number of hydrogen-bond acceptors (Lipinski definition) is 3. The molecule has 0 saturated carbocycles. The molecule has 16 heavy (non-hydrogen) atoms. The third-order valence-corrected chi connectivity index (χ3v) is 3.76. The van der Waals surface area contributed by atoms with Gasteiger partial charge in [0.2, 0.25) is 5.91 Å². The summed E-state index contributed by atoms with van der Waals surface area (Å²) in [6.45, 7) is 2.77. The number of carbonyl (C=O) groups excluding carboxylic acids is 2. The van der Waals surface area contributed by atoms with E-state index in [2.05, 4.69) is 5.32 Å². The summed E-state index contributed by atoms with van der Waals surface area (Å²) in [5.74, 6) is -0.235. The molecule has 1 aliphatic heterocycles. The van der Waals surface area contributed by atoms with Crippen molar-refractivity contribution in [1.82, 2.24) is 10.2 Å². The van der Waals surface area contributed by atoms with Crippen molar-refractivity contribution in [2.24, 2.45) is 0 Å². The summed E-state index contributed by atoms with van der Waals surface area (Å²) in [7, 11) is 0. The first-order valence-corrected chi connectivity index (χ1v) is 6.13. The molecule has 6 heteroatoms. The third-order valence-electron chi connectivity index (χ3n) is 2.54. The van der Waals surface area contributed by atoms with Gasteiger partial charge in [0.1, 0.15) is 6.04 Å². The zero-order valence-corrected chi connectivity index (χ0v) is 10.3. The molecule has 1 saturated heterocycles. The number of halogens is 1. The molecule has 2 heterocycles. The van der Waals surface area contributed by atoms with Gasteiger partial charge in [-0.05, 0) is 19.1 Å². The van der Waals surface area contributed by atoms with Gasteiger partial charge in [-0.3, -0.25) is 9.59 Å². The minimum Gasteiger partial charge on any atom is -0.353 e. The van der Waals surface area contributed by atoms with Crippen LogP contribution in [-0.4, -0.2) is 35.8 Å². The number of carbonyl (C=O) groups is 2. The van der Waals surface area contributed by atoms with E-state index in [4.69, 9.17) is 11.6 Å². The van der Waals surface area contributed by atoms with Gasteiger partial charge in [-0.15, -0.1) is 11.3 Å². The van der Waals surface area contributed by atoms with E-state index in [1.54, 1.807) is 24.0 Å². The summed E-state index contributed by atoms with van der Waals surface area (Å²) >= 11 is 7.01. The Morgan fingerprint density at radius 3 is 3.00 bits per heavy atom. The topological polar surface area (TPSA) is 49.4 Å². The molecule has 0 aromatic carbocycles. The van der Waals surface area contributed by atoms with Crippen LogP contribution >= 0.6 is 22.9 Å². The smallest absolute Gasteiger partial charge is 0.264 e. The molecule has 0 spiro atoms. The van der Waals surface area contributed by atoms with Crippen LogP contribution in [0.3, 0.4) is 0 Å². The van der Waals surface area contributed by atoms with Crippen molar-refractivity contribution in [2.75, 3.05) is 13.1 Å². The van der Waals surface area contributed by atoms with Crippen LogP contribution in [-0.2, 0) is 4.79 Å². The van der Waals surface area contributed by atoms with Crippen molar-refractivity contribution in [3.63, 3.8) is 0 Å². The molecule has 1 aromatic heterocycles. The monoisotopic (exact) mass is 258 g/mol. The third kappa shape index (κ3) is 2.05. The summed E-state index contributed by atoms with van der Waals surface area (Å²) in [5, 5.41) is 2.72. The van der Waals surface area contributed by atoms with Crippen LogP contribution in [0.4, 0.5) is 0 Å². The Morgan fingerprint density at radius 2 is 2.38 bits per heavy atom. The second-order valence-corrected chi connectivity index (χ2v) is 5.28. The summed E-state index contributed by atoms with van der Waals surface area (Å²) < 4.78 is 0.581. The van der Waals surface area contributed by atoms with Crippen molar-refractivity contribution in [3.05, 3.63) is 21.3 Å². The summed E-state index contributed by atoms with van der Waals surface area (Å²) in [6.07, 6.45) is 0. The fraction of sp³-hybridized carbons (Fsp3) is 0.400. The molecule has 0 bridgehead atoms. The van der Waals surface area contributed by atoms with Gasteiger partial charge in [-0.25, -0.2) is 0 Å². The van der Waals surface area contributed by atoms with Gasteiger partial charge in [0.05, 0.1) is 9.21 Å². The number of nitrogens with zero attached hydrogens (tertiary/aromatic N) is 1. The average molecular weight is 259 g/mol. The Bertz CT molecular complexity index is 432. The molecule has 1 atom stereocenters. The quantitative estimate of drug-likeness (QED) is 0.827. The molecule has 1 N–H and O–H groups in total.